The van der Waals surface area contributed by atoms with Gasteiger partial charge in [0.25, 0.3) is 0 Å². The lowest BCUT2D eigenvalue weighted by atomic mass is 10.2. The number of rotatable bonds is 4. The monoisotopic (exact) mass is 407 g/mol. The first-order valence-electron chi connectivity index (χ1n) is 5.97. The van der Waals surface area contributed by atoms with Crippen LogP contribution in [0.5, 0.6) is 0 Å². The van der Waals surface area contributed by atoms with Gasteiger partial charge >= 0.3 is 0 Å². The van der Waals surface area contributed by atoms with E-state index in [-0.39, 0.29) is 21.5 Å². The molecule has 0 amide bonds. The minimum absolute atomic E-state index is 0.0621. The van der Waals surface area contributed by atoms with Crippen molar-refractivity contribution < 1.29 is 8.42 Å². The molecule has 2 aromatic rings. The fourth-order valence-electron chi connectivity index (χ4n) is 1.82. The quantitative estimate of drug-likeness (QED) is 0.742. The van der Waals surface area contributed by atoms with Gasteiger partial charge in [-0.25, -0.2) is 8.42 Å². The van der Waals surface area contributed by atoms with Gasteiger partial charge in [-0.05, 0) is 29.8 Å². The van der Waals surface area contributed by atoms with Crippen LogP contribution in [0, 0.1) is 0 Å². The summed E-state index contributed by atoms with van der Waals surface area (Å²) in [5.74, 6) is 0. The lowest BCUT2D eigenvalue weighted by Crippen LogP contribution is -2.27. The van der Waals surface area contributed by atoms with E-state index in [1.165, 1.54) is 23.5 Å². The first-order valence-corrected chi connectivity index (χ1v) is 8.96. The fourth-order valence-corrected chi connectivity index (χ4v) is 4.32. The Kier molecular flexibility index (Phi) is 5.33. The zero-order valence-corrected chi connectivity index (χ0v) is 15.0. The largest absolute Gasteiger partial charge is 0.246 e. The van der Waals surface area contributed by atoms with E-state index >= 15 is 0 Å². The van der Waals surface area contributed by atoms with Crippen molar-refractivity contribution in [2.24, 2.45) is 0 Å². The maximum absolute atomic E-state index is 12.6. The third kappa shape index (κ3) is 3.79. The Morgan fingerprint density at radius 1 is 1.05 bits per heavy atom. The highest BCUT2D eigenvalue weighted by molar-refractivity contribution is 9.10. The Morgan fingerprint density at radius 2 is 1.57 bits per heavy atom. The maximum Gasteiger partial charge on any atom is 0.246 e. The molecule has 0 N–H and O–H groups in total. The Labute approximate surface area is 142 Å². The van der Waals surface area contributed by atoms with Crippen LogP contribution in [0.4, 0.5) is 0 Å². The molecular weight excluding hydrogens is 397 g/mol. The smallest absolute Gasteiger partial charge is 0.207 e. The van der Waals surface area contributed by atoms with Crippen LogP contribution in [-0.4, -0.2) is 19.8 Å². The van der Waals surface area contributed by atoms with Crippen molar-refractivity contribution >= 4 is 49.2 Å². The van der Waals surface area contributed by atoms with E-state index in [4.69, 9.17) is 23.2 Å². The van der Waals surface area contributed by atoms with E-state index in [1.807, 2.05) is 24.3 Å². The molecule has 0 aliphatic rings. The van der Waals surface area contributed by atoms with E-state index in [0.29, 0.717) is 0 Å². The second-order valence-electron chi connectivity index (χ2n) is 4.44. The molecule has 3 nitrogen and oxygen atoms in total. The Hall–Kier alpha value is -0.590. The summed E-state index contributed by atoms with van der Waals surface area (Å²) >= 11 is 15.3. The van der Waals surface area contributed by atoms with Crippen LogP contribution in [-0.2, 0) is 16.6 Å². The Bertz CT molecular complexity index is 728. The zero-order chi connectivity index (χ0) is 15.6. The third-order valence-corrected chi connectivity index (χ3v) is 6.19. The third-order valence-electron chi connectivity index (χ3n) is 2.91. The van der Waals surface area contributed by atoms with Gasteiger partial charge in [0.15, 0.2) is 0 Å². The molecule has 0 fully saturated rings. The number of halogens is 3. The summed E-state index contributed by atoms with van der Waals surface area (Å²) in [5, 5.41) is 0.232. The first kappa shape index (κ1) is 16.8. The van der Waals surface area contributed by atoms with Crippen LogP contribution >= 0.6 is 39.1 Å². The van der Waals surface area contributed by atoms with E-state index in [1.54, 1.807) is 6.07 Å². The van der Waals surface area contributed by atoms with Crippen molar-refractivity contribution in [2.75, 3.05) is 7.05 Å². The lowest BCUT2D eigenvalue weighted by molar-refractivity contribution is 0.467. The average molecular weight is 409 g/mol. The topological polar surface area (TPSA) is 37.4 Å². The van der Waals surface area contributed by atoms with E-state index in [0.717, 1.165) is 10.0 Å². The molecule has 0 aromatic heterocycles. The van der Waals surface area contributed by atoms with Gasteiger partial charge < -0.3 is 0 Å². The van der Waals surface area contributed by atoms with E-state index < -0.39 is 10.0 Å². The van der Waals surface area contributed by atoms with E-state index in [9.17, 15) is 8.42 Å². The standard InChI is InChI=1S/C14H12BrCl2NO2S/c1-18(9-10-5-7-11(15)8-6-10)21(19,20)14-12(16)3-2-4-13(14)17/h2-8H,9H2,1H3. The molecule has 0 radical (unpaired) electrons. The van der Waals surface area contributed by atoms with E-state index in [2.05, 4.69) is 15.9 Å². The zero-order valence-electron chi connectivity index (χ0n) is 11.1. The summed E-state index contributed by atoms with van der Waals surface area (Å²) in [6.07, 6.45) is 0. The predicted octanol–water partition coefficient (Wildman–Crippen LogP) is 4.58. The molecule has 0 bridgehead atoms. The van der Waals surface area contributed by atoms with Gasteiger partial charge in [-0.3, -0.25) is 0 Å². The summed E-state index contributed by atoms with van der Waals surface area (Å²) < 4.78 is 27.3. The number of benzene rings is 2. The van der Waals surface area contributed by atoms with Crippen molar-refractivity contribution in [3.8, 4) is 0 Å². The molecule has 21 heavy (non-hydrogen) atoms. The molecule has 2 rings (SSSR count). The number of hydrogen-bond acceptors (Lipinski definition) is 2. The van der Waals surface area contributed by atoms with Gasteiger partial charge in [-0.15, -0.1) is 0 Å². The van der Waals surface area contributed by atoms with Crippen molar-refractivity contribution in [1.82, 2.24) is 4.31 Å². The Morgan fingerprint density at radius 3 is 2.10 bits per heavy atom. The molecule has 0 atom stereocenters. The van der Waals surface area contributed by atoms with Gasteiger partial charge in [0.05, 0.1) is 10.0 Å². The SMILES string of the molecule is CN(Cc1ccc(Br)cc1)S(=O)(=O)c1c(Cl)cccc1Cl. The second-order valence-corrected chi connectivity index (χ2v) is 8.15. The summed E-state index contributed by atoms with van der Waals surface area (Å²) in [4.78, 5) is -0.0621. The molecule has 0 unspecified atom stereocenters. The number of hydrogen-bond donors (Lipinski definition) is 0. The highest BCUT2D eigenvalue weighted by Crippen LogP contribution is 2.31. The normalized spacial score (nSPS) is 11.9. The Balaban J connectivity index is 2.33. The molecule has 0 aliphatic heterocycles. The maximum atomic E-state index is 12.6. The molecular formula is C14H12BrCl2NO2S. The van der Waals surface area contributed by atoms with Gasteiger partial charge in [-0.1, -0.05) is 57.3 Å². The molecule has 0 spiro atoms. The van der Waals surface area contributed by atoms with Crippen LogP contribution in [0.25, 0.3) is 0 Å². The lowest BCUT2D eigenvalue weighted by Gasteiger charge is -2.19. The molecule has 0 heterocycles. The summed E-state index contributed by atoms with van der Waals surface area (Å²) in [7, 11) is -2.25. The summed E-state index contributed by atoms with van der Waals surface area (Å²) in [5.41, 5.74) is 0.868. The highest BCUT2D eigenvalue weighted by Gasteiger charge is 2.26. The predicted molar refractivity (Wildman–Crippen MR) is 89.3 cm³/mol. The molecule has 112 valence electrons. The molecule has 2 aromatic carbocycles. The summed E-state index contributed by atoms with van der Waals surface area (Å²) in [6, 6.07) is 12.0. The van der Waals surface area contributed by atoms with Crippen LogP contribution in [0.1, 0.15) is 5.56 Å². The van der Waals surface area contributed by atoms with Crippen molar-refractivity contribution in [2.45, 2.75) is 11.4 Å². The fraction of sp³-hybridized carbons (Fsp3) is 0.143. The van der Waals surface area contributed by atoms with Crippen LogP contribution in [0.3, 0.4) is 0 Å². The molecule has 0 saturated heterocycles. The highest BCUT2D eigenvalue weighted by atomic mass is 79.9. The van der Waals surface area contributed by atoms with Crippen LogP contribution < -0.4 is 0 Å². The van der Waals surface area contributed by atoms with Gasteiger partial charge in [0.2, 0.25) is 10.0 Å². The summed E-state index contributed by atoms with van der Waals surface area (Å²) in [6.45, 7) is 0.233. The first-order chi connectivity index (χ1) is 9.82. The number of nitrogens with zero attached hydrogens (tertiary/aromatic N) is 1. The van der Waals surface area contributed by atoms with Crippen LogP contribution in [0.2, 0.25) is 10.0 Å². The molecule has 7 heteroatoms. The average Bonchev–Trinajstić information content (AvgIpc) is 2.40. The minimum Gasteiger partial charge on any atom is -0.207 e. The van der Waals surface area contributed by atoms with Crippen molar-refractivity contribution in [1.29, 1.82) is 0 Å². The van der Waals surface area contributed by atoms with Crippen LogP contribution in [0.15, 0.2) is 51.8 Å². The molecule has 0 aliphatic carbocycles. The van der Waals surface area contributed by atoms with Crippen molar-refractivity contribution in [3.05, 3.63) is 62.5 Å². The van der Waals surface area contributed by atoms with Gasteiger partial charge in [0.1, 0.15) is 4.90 Å². The number of sulfonamides is 1. The second kappa shape index (κ2) is 6.67. The van der Waals surface area contributed by atoms with Gasteiger partial charge in [0, 0.05) is 18.1 Å². The minimum atomic E-state index is -3.75. The molecule has 0 saturated carbocycles. The van der Waals surface area contributed by atoms with Gasteiger partial charge in [-0.2, -0.15) is 4.31 Å². The van der Waals surface area contributed by atoms with Crippen molar-refractivity contribution in [3.63, 3.8) is 0 Å².